The Kier molecular flexibility index (Phi) is 6.33. The van der Waals surface area contributed by atoms with Crippen LogP contribution in [-0.2, 0) is 16.0 Å². The summed E-state index contributed by atoms with van der Waals surface area (Å²) in [4.78, 5) is 23.8. The topological polar surface area (TPSA) is 75.6 Å². The van der Waals surface area contributed by atoms with Gasteiger partial charge in [0.05, 0.1) is 11.9 Å². The molecule has 1 aliphatic heterocycles. The van der Waals surface area contributed by atoms with Gasteiger partial charge in [-0.15, -0.1) is 11.8 Å². The Morgan fingerprint density at radius 2 is 2.22 bits per heavy atom. The number of carbonyl (C=O) groups is 2. The number of carbonyl (C=O) groups excluding carboxylic acids is 1. The zero-order chi connectivity index (χ0) is 16.8. The number of ether oxygens (including phenoxy) is 1. The predicted octanol–water partition coefficient (Wildman–Crippen LogP) is 2.79. The lowest BCUT2D eigenvalue weighted by Gasteiger charge is -2.18. The molecule has 6 heteroatoms. The van der Waals surface area contributed by atoms with Gasteiger partial charge in [-0.1, -0.05) is 19.4 Å². The Labute approximate surface area is 140 Å². The van der Waals surface area contributed by atoms with Crippen LogP contribution in [0.5, 0.6) is 5.75 Å². The Bertz CT molecular complexity index is 576. The molecule has 0 bridgehead atoms. The van der Waals surface area contributed by atoms with Gasteiger partial charge in [0.25, 0.3) is 0 Å². The lowest BCUT2D eigenvalue weighted by Crippen LogP contribution is -2.38. The van der Waals surface area contributed by atoms with Crippen LogP contribution in [0.15, 0.2) is 18.2 Å². The van der Waals surface area contributed by atoms with Crippen molar-refractivity contribution in [1.82, 2.24) is 5.32 Å². The first-order valence-corrected chi connectivity index (χ1v) is 8.98. The van der Waals surface area contributed by atoms with Crippen molar-refractivity contribution >= 4 is 23.6 Å². The van der Waals surface area contributed by atoms with Gasteiger partial charge in [-0.2, -0.15) is 0 Å². The van der Waals surface area contributed by atoms with Crippen LogP contribution in [0.2, 0.25) is 0 Å². The van der Waals surface area contributed by atoms with Gasteiger partial charge in [0, 0.05) is 6.42 Å². The molecule has 1 aromatic carbocycles. The van der Waals surface area contributed by atoms with E-state index in [4.69, 9.17) is 4.74 Å². The number of fused-ring (bicyclic) bond motifs is 1. The van der Waals surface area contributed by atoms with Crippen molar-refractivity contribution < 1.29 is 19.4 Å². The third-order valence-electron chi connectivity index (χ3n) is 3.82. The summed E-state index contributed by atoms with van der Waals surface area (Å²) in [5, 5.41) is 11.9. The predicted molar refractivity (Wildman–Crippen MR) is 91.0 cm³/mol. The number of benzene rings is 1. The second-order valence-corrected chi connectivity index (χ2v) is 7.06. The number of carboxylic acids is 1. The Morgan fingerprint density at radius 1 is 1.43 bits per heavy atom. The summed E-state index contributed by atoms with van der Waals surface area (Å²) in [5.74, 6) is 0.407. The summed E-state index contributed by atoms with van der Waals surface area (Å²) in [6.45, 7) is 4.53. The zero-order valence-corrected chi connectivity index (χ0v) is 14.3. The molecule has 1 aromatic rings. The van der Waals surface area contributed by atoms with Crippen molar-refractivity contribution in [3.05, 3.63) is 29.3 Å². The van der Waals surface area contributed by atoms with E-state index >= 15 is 0 Å². The normalized spacial score (nSPS) is 15.4. The van der Waals surface area contributed by atoms with Gasteiger partial charge in [0.15, 0.2) is 6.04 Å². The van der Waals surface area contributed by atoms with E-state index in [-0.39, 0.29) is 11.2 Å². The molecule has 0 fully saturated rings. The summed E-state index contributed by atoms with van der Waals surface area (Å²) in [7, 11) is 0. The van der Waals surface area contributed by atoms with Crippen LogP contribution in [0.4, 0.5) is 0 Å². The monoisotopic (exact) mass is 337 g/mol. The Balaban J connectivity index is 2.04. The first-order chi connectivity index (χ1) is 11.0. The fraction of sp³-hybridized carbons (Fsp3) is 0.529. The number of nitrogens with one attached hydrogen (secondary N) is 1. The van der Waals surface area contributed by atoms with Crippen LogP contribution >= 0.6 is 11.8 Å². The summed E-state index contributed by atoms with van der Waals surface area (Å²) < 4.78 is 5.43. The van der Waals surface area contributed by atoms with Crippen molar-refractivity contribution in [3.8, 4) is 5.75 Å². The standard InChI is InChI=1S/C17H23NO4S/c1-3-4-9-23-11(2)16(19)18-15(17(20)21)13-5-6-14-12(10-13)7-8-22-14/h5-6,10-11,15H,3-4,7-9H2,1-2H3,(H,18,19)(H,20,21). The minimum absolute atomic E-state index is 0.241. The SMILES string of the molecule is CCCCSC(C)C(=O)NC(C(=O)O)c1ccc2c(c1)CCO2. The van der Waals surface area contributed by atoms with Gasteiger partial charge in [-0.05, 0) is 42.4 Å². The third-order valence-corrected chi connectivity index (χ3v) is 5.05. The molecular formula is C17H23NO4S. The molecule has 0 saturated heterocycles. The second-order valence-electron chi connectivity index (χ2n) is 5.61. The van der Waals surface area contributed by atoms with E-state index in [1.165, 1.54) is 0 Å². The minimum Gasteiger partial charge on any atom is -0.493 e. The van der Waals surface area contributed by atoms with Gasteiger partial charge in [-0.25, -0.2) is 4.79 Å². The first-order valence-electron chi connectivity index (χ1n) is 7.93. The molecule has 0 radical (unpaired) electrons. The third kappa shape index (κ3) is 4.64. The smallest absolute Gasteiger partial charge is 0.330 e. The number of unbranched alkanes of at least 4 members (excludes halogenated alkanes) is 1. The fourth-order valence-corrected chi connectivity index (χ4v) is 3.44. The van der Waals surface area contributed by atoms with Crippen LogP contribution in [0.3, 0.4) is 0 Å². The number of rotatable bonds is 8. The average molecular weight is 337 g/mol. The van der Waals surface area contributed by atoms with Gasteiger partial charge in [0.1, 0.15) is 5.75 Å². The van der Waals surface area contributed by atoms with Crippen LogP contribution in [-0.4, -0.2) is 34.6 Å². The number of thioether (sulfide) groups is 1. The highest BCUT2D eigenvalue weighted by molar-refractivity contribution is 8.00. The Morgan fingerprint density at radius 3 is 2.91 bits per heavy atom. The van der Waals surface area contributed by atoms with E-state index in [9.17, 15) is 14.7 Å². The molecule has 1 heterocycles. The molecule has 0 spiro atoms. The second kappa shape index (κ2) is 8.24. The minimum atomic E-state index is -1.05. The highest BCUT2D eigenvalue weighted by Crippen LogP contribution is 2.28. The zero-order valence-electron chi connectivity index (χ0n) is 13.5. The summed E-state index contributed by atoms with van der Waals surface area (Å²) in [6.07, 6.45) is 2.90. The quantitative estimate of drug-likeness (QED) is 0.714. The summed E-state index contributed by atoms with van der Waals surface area (Å²) in [6, 6.07) is 4.27. The molecule has 0 aromatic heterocycles. The molecule has 2 rings (SSSR count). The van der Waals surface area contributed by atoms with E-state index in [1.54, 1.807) is 23.9 Å². The van der Waals surface area contributed by atoms with E-state index in [1.807, 2.05) is 13.0 Å². The lowest BCUT2D eigenvalue weighted by atomic mass is 10.0. The van der Waals surface area contributed by atoms with Crippen LogP contribution in [0, 0.1) is 0 Å². The van der Waals surface area contributed by atoms with E-state index < -0.39 is 12.0 Å². The molecule has 23 heavy (non-hydrogen) atoms. The molecular weight excluding hydrogens is 314 g/mol. The summed E-state index contributed by atoms with van der Waals surface area (Å²) in [5.41, 5.74) is 1.58. The molecule has 126 valence electrons. The van der Waals surface area contributed by atoms with Crippen molar-refractivity contribution in [2.75, 3.05) is 12.4 Å². The van der Waals surface area contributed by atoms with E-state index in [0.717, 1.165) is 36.3 Å². The van der Waals surface area contributed by atoms with Gasteiger partial charge in [-0.3, -0.25) is 4.79 Å². The van der Waals surface area contributed by atoms with E-state index in [2.05, 4.69) is 12.2 Å². The fourth-order valence-electron chi connectivity index (χ4n) is 2.41. The van der Waals surface area contributed by atoms with Gasteiger partial charge < -0.3 is 15.2 Å². The van der Waals surface area contributed by atoms with Crippen molar-refractivity contribution in [2.45, 2.75) is 44.4 Å². The number of carboxylic acid groups (broad SMARTS) is 1. The molecule has 1 amide bonds. The number of amides is 1. The molecule has 1 aliphatic rings. The van der Waals surface area contributed by atoms with Crippen LogP contribution < -0.4 is 10.1 Å². The van der Waals surface area contributed by atoms with E-state index in [0.29, 0.717) is 12.2 Å². The van der Waals surface area contributed by atoms with Gasteiger partial charge >= 0.3 is 5.97 Å². The molecule has 0 aliphatic carbocycles. The van der Waals surface area contributed by atoms with Crippen molar-refractivity contribution in [2.24, 2.45) is 0 Å². The van der Waals surface area contributed by atoms with Crippen LogP contribution in [0.25, 0.3) is 0 Å². The largest absolute Gasteiger partial charge is 0.493 e. The number of hydrogen-bond donors (Lipinski definition) is 2. The number of hydrogen-bond acceptors (Lipinski definition) is 4. The maximum absolute atomic E-state index is 12.2. The van der Waals surface area contributed by atoms with Gasteiger partial charge in [0.2, 0.25) is 5.91 Å². The first kappa shape index (κ1) is 17.7. The summed E-state index contributed by atoms with van der Waals surface area (Å²) >= 11 is 1.55. The molecule has 2 N–H and O–H groups in total. The van der Waals surface area contributed by atoms with Crippen molar-refractivity contribution in [3.63, 3.8) is 0 Å². The maximum atomic E-state index is 12.2. The average Bonchev–Trinajstić information content (AvgIpc) is 2.99. The lowest BCUT2D eigenvalue weighted by molar-refractivity contribution is -0.141. The van der Waals surface area contributed by atoms with Crippen molar-refractivity contribution in [1.29, 1.82) is 0 Å². The highest BCUT2D eigenvalue weighted by Gasteiger charge is 2.26. The molecule has 2 unspecified atom stereocenters. The number of aliphatic carboxylic acids is 1. The maximum Gasteiger partial charge on any atom is 0.330 e. The van der Waals surface area contributed by atoms with Crippen LogP contribution in [0.1, 0.15) is 43.9 Å². The molecule has 5 nitrogen and oxygen atoms in total. The Hall–Kier alpha value is -1.69. The highest BCUT2D eigenvalue weighted by atomic mass is 32.2. The molecule has 2 atom stereocenters. The molecule has 0 saturated carbocycles.